The van der Waals surface area contributed by atoms with E-state index in [4.69, 9.17) is 4.84 Å². The molecule has 0 saturated carbocycles. The van der Waals surface area contributed by atoms with Gasteiger partial charge in [0.25, 0.3) is 5.91 Å². The summed E-state index contributed by atoms with van der Waals surface area (Å²) in [6.07, 6.45) is 3.67. The van der Waals surface area contributed by atoms with Crippen molar-refractivity contribution < 1.29 is 14.4 Å². The Morgan fingerprint density at radius 3 is 2.54 bits per heavy atom. The lowest BCUT2D eigenvalue weighted by atomic mass is 10.1. The molecule has 0 unspecified atom stereocenters. The number of carbonyl (C=O) groups is 2. The van der Waals surface area contributed by atoms with Gasteiger partial charge in [0.15, 0.2) is 0 Å². The van der Waals surface area contributed by atoms with Gasteiger partial charge in [-0.05, 0) is 49.2 Å². The third-order valence-corrected chi connectivity index (χ3v) is 3.54. The first-order chi connectivity index (χ1) is 11.6. The molecule has 2 rings (SSSR count). The number of hydroxylamine groups is 2. The first-order valence-corrected chi connectivity index (χ1v) is 7.72. The lowest BCUT2D eigenvalue weighted by Crippen LogP contribution is -2.25. The zero-order chi connectivity index (χ0) is 17.4. The Hall–Kier alpha value is -2.73. The number of carbonyl (C=O) groups excluding carboxylic acids is 2. The molecule has 24 heavy (non-hydrogen) atoms. The Labute approximate surface area is 141 Å². The van der Waals surface area contributed by atoms with Crippen LogP contribution in [0.25, 0.3) is 0 Å². The summed E-state index contributed by atoms with van der Waals surface area (Å²) in [7, 11) is 2.97. The third-order valence-electron chi connectivity index (χ3n) is 3.54. The van der Waals surface area contributed by atoms with Crippen LogP contribution in [0.1, 0.15) is 28.9 Å². The number of nitrogens with one attached hydrogen (secondary N) is 1. The predicted molar refractivity (Wildman–Crippen MR) is 91.3 cm³/mol. The molecule has 2 aromatic rings. The number of rotatable bonds is 7. The molecule has 1 aromatic carbocycles. The summed E-state index contributed by atoms with van der Waals surface area (Å²) in [5, 5.41) is 3.97. The molecule has 0 radical (unpaired) electrons. The molecule has 0 aliphatic carbocycles. The van der Waals surface area contributed by atoms with Gasteiger partial charge in [-0.15, -0.1) is 0 Å². The molecule has 126 valence electrons. The van der Waals surface area contributed by atoms with Gasteiger partial charge in [-0.2, -0.15) is 0 Å². The third kappa shape index (κ3) is 5.17. The maximum absolute atomic E-state index is 11.9. The second-order valence-electron chi connectivity index (χ2n) is 5.29. The molecule has 2 amide bonds. The van der Waals surface area contributed by atoms with Gasteiger partial charge in [0.1, 0.15) is 0 Å². The summed E-state index contributed by atoms with van der Waals surface area (Å²) in [6.45, 7) is 0. The molecule has 0 aliphatic heterocycles. The fraction of sp³-hybridized carbons (Fsp3) is 0.278. The maximum Gasteiger partial charge on any atom is 0.277 e. The monoisotopic (exact) mass is 327 g/mol. The van der Waals surface area contributed by atoms with Crippen molar-refractivity contribution in [2.75, 3.05) is 19.5 Å². The molecule has 0 aliphatic rings. The normalized spacial score (nSPS) is 10.2. The van der Waals surface area contributed by atoms with Crippen LogP contribution in [-0.2, 0) is 16.1 Å². The van der Waals surface area contributed by atoms with Crippen LogP contribution >= 0.6 is 0 Å². The molecule has 6 heteroatoms. The summed E-state index contributed by atoms with van der Waals surface area (Å²) in [6, 6.07) is 12.5. The van der Waals surface area contributed by atoms with Gasteiger partial charge in [0.05, 0.1) is 7.11 Å². The van der Waals surface area contributed by atoms with Crippen molar-refractivity contribution in [1.82, 2.24) is 10.0 Å². The van der Waals surface area contributed by atoms with Crippen LogP contribution in [-0.4, -0.2) is 36.0 Å². The van der Waals surface area contributed by atoms with Crippen molar-refractivity contribution in [3.8, 4) is 0 Å². The highest BCUT2D eigenvalue weighted by Gasteiger charge is 2.11. The Morgan fingerprint density at radius 1 is 1.17 bits per heavy atom. The molecule has 0 bridgehead atoms. The number of hydrogen-bond donors (Lipinski definition) is 1. The van der Waals surface area contributed by atoms with E-state index in [9.17, 15) is 9.59 Å². The van der Waals surface area contributed by atoms with Crippen molar-refractivity contribution in [1.29, 1.82) is 0 Å². The van der Waals surface area contributed by atoms with Crippen LogP contribution in [0.5, 0.6) is 0 Å². The fourth-order valence-corrected chi connectivity index (χ4v) is 2.16. The van der Waals surface area contributed by atoms with E-state index in [-0.39, 0.29) is 11.8 Å². The van der Waals surface area contributed by atoms with E-state index in [1.165, 1.54) is 7.11 Å². The minimum absolute atomic E-state index is 0.0565. The van der Waals surface area contributed by atoms with Crippen molar-refractivity contribution in [2.45, 2.75) is 19.3 Å². The first kappa shape index (κ1) is 17.6. The SMILES string of the molecule is CON(C)C(=O)c1ccc(NC(=O)CCCc2ccccn2)cc1. The summed E-state index contributed by atoms with van der Waals surface area (Å²) in [5.74, 6) is -0.301. The number of amides is 2. The molecule has 1 heterocycles. The van der Waals surface area contributed by atoms with E-state index in [0.717, 1.165) is 23.6 Å². The molecule has 6 nitrogen and oxygen atoms in total. The molecule has 0 saturated heterocycles. The molecule has 0 spiro atoms. The Kier molecular flexibility index (Phi) is 6.45. The van der Waals surface area contributed by atoms with Crippen molar-refractivity contribution in [3.05, 3.63) is 59.9 Å². The molecule has 0 fully saturated rings. The van der Waals surface area contributed by atoms with E-state index in [2.05, 4.69) is 10.3 Å². The average molecular weight is 327 g/mol. The lowest BCUT2D eigenvalue weighted by Gasteiger charge is -2.13. The quantitative estimate of drug-likeness (QED) is 0.794. The molecule has 0 atom stereocenters. The van der Waals surface area contributed by atoms with E-state index in [0.29, 0.717) is 17.7 Å². The highest BCUT2D eigenvalue weighted by atomic mass is 16.7. The van der Waals surface area contributed by atoms with Crippen molar-refractivity contribution >= 4 is 17.5 Å². The number of nitrogens with zero attached hydrogens (tertiary/aromatic N) is 2. The summed E-state index contributed by atoms with van der Waals surface area (Å²) in [4.78, 5) is 32.9. The van der Waals surface area contributed by atoms with Crippen molar-refractivity contribution in [3.63, 3.8) is 0 Å². The van der Waals surface area contributed by atoms with Crippen LogP contribution < -0.4 is 5.32 Å². The van der Waals surface area contributed by atoms with Gasteiger partial charge >= 0.3 is 0 Å². The molecule has 1 N–H and O–H groups in total. The molecule has 1 aromatic heterocycles. The Morgan fingerprint density at radius 2 is 1.92 bits per heavy atom. The number of benzene rings is 1. The average Bonchev–Trinajstić information content (AvgIpc) is 2.62. The van der Waals surface area contributed by atoms with E-state index >= 15 is 0 Å². The fourth-order valence-electron chi connectivity index (χ4n) is 2.16. The lowest BCUT2D eigenvalue weighted by molar-refractivity contribution is -0.116. The topological polar surface area (TPSA) is 71.5 Å². The highest BCUT2D eigenvalue weighted by Crippen LogP contribution is 2.12. The van der Waals surface area contributed by atoms with Crippen LogP contribution in [0.15, 0.2) is 48.7 Å². The van der Waals surface area contributed by atoms with E-state index in [1.807, 2.05) is 18.2 Å². The number of aryl methyl sites for hydroxylation is 1. The summed E-state index contributed by atoms with van der Waals surface area (Å²) < 4.78 is 0. The van der Waals surface area contributed by atoms with Crippen LogP contribution in [0.3, 0.4) is 0 Å². The number of pyridine rings is 1. The van der Waals surface area contributed by atoms with Gasteiger partial charge in [-0.1, -0.05) is 6.07 Å². The van der Waals surface area contributed by atoms with Crippen LogP contribution in [0.2, 0.25) is 0 Å². The zero-order valence-corrected chi connectivity index (χ0v) is 13.9. The number of anilines is 1. The zero-order valence-electron chi connectivity index (χ0n) is 13.9. The number of hydrogen-bond acceptors (Lipinski definition) is 4. The van der Waals surface area contributed by atoms with Crippen molar-refractivity contribution in [2.24, 2.45) is 0 Å². The Bertz CT molecular complexity index is 672. The van der Waals surface area contributed by atoms with E-state index in [1.54, 1.807) is 37.5 Å². The Balaban J connectivity index is 1.80. The van der Waals surface area contributed by atoms with E-state index < -0.39 is 0 Å². The largest absolute Gasteiger partial charge is 0.326 e. The highest BCUT2D eigenvalue weighted by molar-refractivity contribution is 5.95. The standard InChI is InChI=1S/C18H21N3O3/c1-21(24-2)18(23)14-9-11-16(12-10-14)20-17(22)8-5-7-15-6-3-4-13-19-15/h3-4,6,9-13H,5,7-8H2,1-2H3,(H,20,22). The summed E-state index contributed by atoms with van der Waals surface area (Å²) >= 11 is 0. The van der Waals surface area contributed by atoms with Gasteiger partial charge in [0, 0.05) is 36.6 Å². The van der Waals surface area contributed by atoms with Crippen LogP contribution in [0.4, 0.5) is 5.69 Å². The first-order valence-electron chi connectivity index (χ1n) is 7.72. The van der Waals surface area contributed by atoms with Gasteiger partial charge < -0.3 is 5.32 Å². The summed E-state index contributed by atoms with van der Waals surface area (Å²) in [5.41, 5.74) is 2.14. The van der Waals surface area contributed by atoms with Gasteiger partial charge in [-0.3, -0.25) is 19.4 Å². The smallest absolute Gasteiger partial charge is 0.277 e. The number of aromatic nitrogens is 1. The second kappa shape index (κ2) is 8.79. The minimum atomic E-state index is -0.245. The van der Waals surface area contributed by atoms with Crippen LogP contribution in [0, 0.1) is 0 Å². The maximum atomic E-state index is 11.9. The predicted octanol–water partition coefficient (Wildman–Crippen LogP) is 2.68. The van der Waals surface area contributed by atoms with Gasteiger partial charge in [-0.25, -0.2) is 5.06 Å². The molecular formula is C18H21N3O3. The second-order valence-corrected chi connectivity index (χ2v) is 5.29. The van der Waals surface area contributed by atoms with Gasteiger partial charge in [0.2, 0.25) is 5.91 Å². The minimum Gasteiger partial charge on any atom is -0.326 e. The molecular weight excluding hydrogens is 306 g/mol.